The Bertz CT molecular complexity index is 648. The SMILES string of the molecule is CCC(CC)c1cc(CNc2ccc(C)cc2[N+](=O)[O-])on1. The van der Waals surface area contributed by atoms with Gasteiger partial charge in [0.1, 0.15) is 5.69 Å². The van der Waals surface area contributed by atoms with E-state index >= 15 is 0 Å². The van der Waals surface area contributed by atoms with E-state index in [1.807, 2.05) is 19.1 Å². The van der Waals surface area contributed by atoms with Crippen LogP contribution in [-0.4, -0.2) is 10.1 Å². The van der Waals surface area contributed by atoms with Crippen LogP contribution in [-0.2, 0) is 6.54 Å². The Morgan fingerprint density at radius 2 is 2.05 bits per heavy atom. The van der Waals surface area contributed by atoms with Crippen LogP contribution in [0.25, 0.3) is 0 Å². The van der Waals surface area contributed by atoms with Crippen molar-refractivity contribution in [1.29, 1.82) is 0 Å². The molecule has 0 aliphatic heterocycles. The Balaban J connectivity index is 2.09. The average molecular weight is 303 g/mol. The molecular formula is C16H21N3O3. The highest BCUT2D eigenvalue weighted by atomic mass is 16.6. The van der Waals surface area contributed by atoms with Crippen molar-refractivity contribution in [3.8, 4) is 0 Å². The van der Waals surface area contributed by atoms with Crippen LogP contribution in [0.2, 0.25) is 0 Å². The second-order valence-corrected chi connectivity index (χ2v) is 5.36. The highest BCUT2D eigenvalue weighted by molar-refractivity contribution is 5.62. The van der Waals surface area contributed by atoms with Gasteiger partial charge in [-0.3, -0.25) is 10.1 Å². The van der Waals surface area contributed by atoms with Crippen LogP contribution in [0, 0.1) is 17.0 Å². The van der Waals surface area contributed by atoms with Gasteiger partial charge >= 0.3 is 0 Å². The Morgan fingerprint density at radius 3 is 2.68 bits per heavy atom. The van der Waals surface area contributed by atoms with Gasteiger partial charge in [-0.1, -0.05) is 25.1 Å². The van der Waals surface area contributed by atoms with Crippen LogP contribution >= 0.6 is 0 Å². The molecule has 0 aliphatic rings. The number of benzene rings is 1. The normalized spacial score (nSPS) is 10.9. The number of hydrogen-bond acceptors (Lipinski definition) is 5. The number of hydrogen-bond donors (Lipinski definition) is 1. The van der Waals surface area contributed by atoms with Crippen molar-refractivity contribution < 1.29 is 9.45 Å². The molecule has 1 aromatic carbocycles. The lowest BCUT2D eigenvalue weighted by atomic mass is 9.99. The number of aryl methyl sites for hydroxylation is 1. The Labute approximate surface area is 129 Å². The van der Waals surface area contributed by atoms with Gasteiger partial charge in [0.05, 0.1) is 17.2 Å². The molecule has 0 spiro atoms. The zero-order chi connectivity index (χ0) is 16.1. The highest BCUT2D eigenvalue weighted by Crippen LogP contribution is 2.27. The lowest BCUT2D eigenvalue weighted by Gasteiger charge is -2.06. The van der Waals surface area contributed by atoms with E-state index in [4.69, 9.17) is 4.52 Å². The number of aromatic nitrogens is 1. The van der Waals surface area contributed by atoms with Gasteiger partial charge in [0.2, 0.25) is 0 Å². The monoisotopic (exact) mass is 303 g/mol. The summed E-state index contributed by atoms with van der Waals surface area (Å²) < 4.78 is 5.31. The molecule has 0 bridgehead atoms. The van der Waals surface area contributed by atoms with Crippen molar-refractivity contribution >= 4 is 11.4 Å². The standard InChI is InChI=1S/C16H21N3O3/c1-4-12(5-2)15-9-13(22-18-15)10-17-14-7-6-11(3)8-16(14)19(20)21/h6-9,12,17H,4-5,10H2,1-3H3. The van der Waals surface area contributed by atoms with E-state index in [-0.39, 0.29) is 10.6 Å². The molecule has 6 heteroatoms. The minimum absolute atomic E-state index is 0.0692. The van der Waals surface area contributed by atoms with Gasteiger partial charge in [0, 0.05) is 18.1 Å². The summed E-state index contributed by atoms with van der Waals surface area (Å²) in [6, 6.07) is 7.03. The summed E-state index contributed by atoms with van der Waals surface area (Å²) in [5, 5.41) is 18.2. The number of rotatable bonds is 7. The van der Waals surface area contributed by atoms with Gasteiger partial charge < -0.3 is 9.84 Å². The molecule has 0 radical (unpaired) electrons. The van der Waals surface area contributed by atoms with Crippen molar-refractivity contribution in [3.05, 3.63) is 51.4 Å². The zero-order valence-electron chi connectivity index (χ0n) is 13.1. The number of nitro benzene ring substituents is 1. The molecule has 0 unspecified atom stereocenters. The highest BCUT2D eigenvalue weighted by Gasteiger charge is 2.16. The quantitative estimate of drug-likeness (QED) is 0.605. The second-order valence-electron chi connectivity index (χ2n) is 5.36. The lowest BCUT2D eigenvalue weighted by molar-refractivity contribution is -0.384. The summed E-state index contributed by atoms with van der Waals surface area (Å²) in [5.74, 6) is 1.07. The molecule has 1 N–H and O–H groups in total. The molecule has 22 heavy (non-hydrogen) atoms. The van der Waals surface area contributed by atoms with Gasteiger partial charge in [-0.05, 0) is 31.4 Å². The molecule has 118 valence electrons. The van der Waals surface area contributed by atoms with Crippen molar-refractivity contribution in [2.24, 2.45) is 0 Å². The van der Waals surface area contributed by atoms with Gasteiger partial charge in [0.15, 0.2) is 5.76 Å². The Kier molecular flexibility index (Phi) is 5.14. The molecule has 0 atom stereocenters. The number of anilines is 1. The van der Waals surface area contributed by atoms with E-state index in [0.717, 1.165) is 24.1 Å². The fourth-order valence-electron chi connectivity index (χ4n) is 2.44. The molecular weight excluding hydrogens is 282 g/mol. The van der Waals surface area contributed by atoms with Gasteiger partial charge in [-0.15, -0.1) is 0 Å². The zero-order valence-corrected chi connectivity index (χ0v) is 13.1. The summed E-state index contributed by atoms with van der Waals surface area (Å²) in [7, 11) is 0. The second kappa shape index (κ2) is 7.06. The predicted molar refractivity (Wildman–Crippen MR) is 85.0 cm³/mol. The first-order chi connectivity index (χ1) is 10.5. The van der Waals surface area contributed by atoms with Crippen molar-refractivity contribution in [1.82, 2.24) is 5.16 Å². The Morgan fingerprint density at radius 1 is 1.32 bits per heavy atom. The van der Waals surface area contributed by atoms with E-state index < -0.39 is 0 Å². The molecule has 2 aromatic rings. The summed E-state index contributed by atoms with van der Waals surface area (Å²) in [4.78, 5) is 10.7. The van der Waals surface area contributed by atoms with E-state index in [0.29, 0.717) is 23.9 Å². The fourth-order valence-corrected chi connectivity index (χ4v) is 2.44. The third kappa shape index (κ3) is 3.63. The third-order valence-corrected chi connectivity index (χ3v) is 3.78. The summed E-state index contributed by atoms with van der Waals surface area (Å²) in [6.45, 7) is 6.44. The van der Waals surface area contributed by atoms with E-state index in [1.54, 1.807) is 12.1 Å². The molecule has 6 nitrogen and oxygen atoms in total. The van der Waals surface area contributed by atoms with Crippen LogP contribution in [0.15, 0.2) is 28.8 Å². The lowest BCUT2D eigenvalue weighted by Crippen LogP contribution is -2.02. The fraction of sp³-hybridized carbons (Fsp3) is 0.438. The molecule has 0 saturated heterocycles. The number of nitrogens with zero attached hydrogens (tertiary/aromatic N) is 2. The van der Waals surface area contributed by atoms with Gasteiger partial charge in [0.25, 0.3) is 5.69 Å². The van der Waals surface area contributed by atoms with Gasteiger partial charge in [-0.25, -0.2) is 0 Å². The van der Waals surface area contributed by atoms with Crippen LogP contribution in [0.5, 0.6) is 0 Å². The van der Waals surface area contributed by atoms with Crippen LogP contribution < -0.4 is 5.32 Å². The summed E-state index contributed by atoms with van der Waals surface area (Å²) >= 11 is 0. The maximum Gasteiger partial charge on any atom is 0.292 e. The topological polar surface area (TPSA) is 81.2 Å². The predicted octanol–water partition coefficient (Wildman–Crippen LogP) is 4.41. The number of nitrogens with one attached hydrogen (secondary N) is 1. The molecule has 1 heterocycles. The smallest absolute Gasteiger partial charge is 0.292 e. The number of nitro groups is 1. The first-order valence-corrected chi connectivity index (χ1v) is 7.49. The van der Waals surface area contributed by atoms with Crippen molar-refractivity contribution in [2.45, 2.75) is 46.1 Å². The Hall–Kier alpha value is -2.37. The van der Waals surface area contributed by atoms with E-state index in [9.17, 15) is 10.1 Å². The largest absolute Gasteiger partial charge is 0.372 e. The average Bonchev–Trinajstić information content (AvgIpc) is 2.96. The van der Waals surface area contributed by atoms with Gasteiger partial charge in [-0.2, -0.15) is 0 Å². The van der Waals surface area contributed by atoms with Crippen molar-refractivity contribution in [2.75, 3.05) is 5.32 Å². The maximum atomic E-state index is 11.1. The van der Waals surface area contributed by atoms with Crippen LogP contribution in [0.1, 0.15) is 49.6 Å². The first-order valence-electron chi connectivity index (χ1n) is 7.49. The summed E-state index contributed by atoms with van der Waals surface area (Å²) in [6.07, 6.45) is 2.03. The first kappa shape index (κ1) is 16.0. The van der Waals surface area contributed by atoms with Crippen LogP contribution in [0.4, 0.5) is 11.4 Å². The van der Waals surface area contributed by atoms with Crippen LogP contribution in [0.3, 0.4) is 0 Å². The van der Waals surface area contributed by atoms with E-state index in [2.05, 4.69) is 24.3 Å². The van der Waals surface area contributed by atoms with E-state index in [1.165, 1.54) is 0 Å². The minimum atomic E-state index is -0.384. The molecule has 2 rings (SSSR count). The maximum absolute atomic E-state index is 11.1. The molecule has 0 saturated carbocycles. The molecule has 1 aromatic heterocycles. The molecule has 0 fully saturated rings. The molecule has 0 amide bonds. The summed E-state index contributed by atoms with van der Waals surface area (Å²) in [5.41, 5.74) is 2.35. The van der Waals surface area contributed by atoms with Crippen molar-refractivity contribution in [3.63, 3.8) is 0 Å². The third-order valence-electron chi connectivity index (χ3n) is 3.78. The minimum Gasteiger partial charge on any atom is -0.372 e. The molecule has 0 aliphatic carbocycles.